The number of anilines is 1. The summed E-state index contributed by atoms with van der Waals surface area (Å²) in [5, 5.41) is 2.81. The Balaban J connectivity index is 1.81. The third-order valence-corrected chi connectivity index (χ3v) is 4.33. The summed E-state index contributed by atoms with van der Waals surface area (Å²) >= 11 is 3.10. The molecule has 1 aliphatic carbocycles. The number of hydrogen-bond donors (Lipinski definition) is 1. The number of amides is 1. The van der Waals surface area contributed by atoms with Crippen LogP contribution in [0.15, 0.2) is 53.0 Å². The molecule has 0 aromatic heterocycles. The number of benzene rings is 2. The highest BCUT2D eigenvalue weighted by Crippen LogP contribution is 2.48. The zero-order valence-corrected chi connectivity index (χ0v) is 12.3. The van der Waals surface area contributed by atoms with E-state index in [4.69, 9.17) is 0 Å². The molecular formula is C16H13BrFNO. The average molecular weight is 334 g/mol. The van der Waals surface area contributed by atoms with Crippen LogP contribution >= 0.6 is 15.9 Å². The van der Waals surface area contributed by atoms with Crippen molar-refractivity contribution in [3.63, 3.8) is 0 Å². The quantitative estimate of drug-likeness (QED) is 0.893. The second kappa shape index (κ2) is 5.02. The maximum atomic E-state index is 13.5. The molecule has 0 saturated heterocycles. The van der Waals surface area contributed by atoms with Gasteiger partial charge in [0.2, 0.25) is 5.91 Å². The number of hydrogen-bond acceptors (Lipinski definition) is 1. The minimum atomic E-state index is -0.440. The first-order valence-corrected chi connectivity index (χ1v) is 7.23. The van der Waals surface area contributed by atoms with Gasteiger partial charge in [-0.25, -0.2) is 4.39 Å². The zero-order valence-electron chi connectivity index (χ0n) is 10.7. The molecule has 0 bridgehead atoms. The van der Waals surface area contributed by atoms with Crippen LogP contribution in [0, 0.1) is 5.82 Å². The molecule has 0 aliphatic heterocycles. The number of carbonyl (C=O) groups excluding carboxylic acids is 1. The Kier molecular flexibility index (Phi) is 3.34. The monoisotopic (exact) mass is 333 g/mol. The third kappa shape index (κ3) is 2.36. The summed E-state index contributed by atoms with van der Waals surface area (Å²) in [6.45, 7) is 0. The highest BCUT2D eigenvalue weighted by Gasteiger charge is 2.51. The van der Waals surface area contributed by atoms with Crippen molar-refractivity contribution >= 4 is 27.5 Å². The number of halogens is 2. The summed E-state index contributed by atoms with van der Waals surface area (Å²) in [6.07, 6.45) is 1.67. The van der Waals surface area contributed by atoms with Gasteiger partial charge in [0.05, 0.1) is 9.89 Å². The lowest BCUT2D eigenvalue weighted by Crippen LogP contribution is -2.27. The largest absolute Gasteiger partial charge is 0.325 e. The maximum absolute atomic E-state index is 13.5. The summed E-state index contributed by atoms with van der Waals surface area (Å²) in [6, 6.07) is 14.3. The molecule has 2 nitrogen and oxygen atoms in total. The van der Waals surface area contributed by atoms with Crippen molar-refractivity contribution in [1.29, 1.82) is 0 Å². The van der Waals surface area contributed by atoms with Gasteiger partial charge in [-0.15, -0.1) is 0 Å². The molecule has 0 radical (unpaired) electrons. The standard InChI is InChI=1S/C16H13BrFNO/c17-13-7-6-12(10-14(13)18)19-15(20)16(8-9-16)11-4-2-1-3-5-11/h1-7,10H,8-9H2,(H,19,20). The molecule has 3 rings (SSSR count). The molecule has 1 fully saturated rings. The first-order valence-electron chi connectivity index (χ1n) is 6.44. The van der Waals surface area contributed by atoms with Crippen LogP contribution in [-0.2, 0) is 10.2 Å². The molecule has 0 atom stereocenters. The van der Waals surface area contributed by atoms with Crippen LogP contribution in [0.1, 0.15) is 18.4 Å². The van der Waals surface area contributed by atoms with Crippen LogP contribution in [0.2, 0.25) is 0 Å². The van der Waals surface area contributed by atoms with Crippen molar-refractivity contribution < 1.29 is 9.18 Å². The lowest BCUT2D eigenvalue weighted by molar-refractivity contribution is -0.118. The van der Waals surface area contributed by atoms with Crippen LogP contribution < -0.4 is 5.32 Å². The Morgan fingerprint density at radius 1 is 1.15 bits per heavy atom. The van der Waals surface area contributed by atoms with Gasteiger partial charge < -0.3 is 5.32 Å². The smallest absolute Gasteiger partial charge is 0.235 e. The Morgan fingerprint density at radius 2 is 1.85 bits per heavy atom. The third-order valence-electron chi connectivity index (χ3n) is 3.69. The molecule has 0 spiro atoms. The maximum Gasteiger partial charge on any atom is 0.235 e. The van der Waals surface area contributed by atoms with Crippen LogP contribution in [0.25, 0.3) is 0 Å². The normalized spacial score (nSPS) is 15.7. The summed E-state index contributed by atoms with van der Waals surface area (Å²) in [5.41, 5.74) is 1.07. The molecule has 1 aliphatic rings. The minimum Gasteiger partial charge on any atom is -0.325 e. The van der Waals surface area contributed by atoms with Crippen molar-refractivity contribution in [2.75, 3.05) is 5.32 Å². The van der Waals surface area contributed by atoms with E-state index in [1.54, 1.807) is 12.1 Å². The van der Waals surface area contributed by atoms with Gasteiger partial charge in [0.15, 0.2) is 0 Å². The molecule has 4 heteroatoms. The molecule has 1 saturated carbocycles. The molecule has 2 aromatic rings. The van der Waals surface area contributed by atoms with E-state index in [9.17, 15) is 9.18 Å². The van der Waals surface area contributed by atoms with Crippen LogP contribution in [0.4, 0.5) is 10.1 Å². The summed E-state index contributed by atoms with van der Waals surface area (Å²) in [7, 11) is 0. The first-order chi connectivity index (χ1) is 9.62. The van der Waals surface area contributed by atoms with E-state index in [1.165, 1.54) is 6.07 Å². The highest BCUT2D eigenvalue weighted by atomic mass is 79.9. The predicted molar refractivity (Wildman–Crippen MR) is 80.1 cm³/mol. The van der Waals surface area contributed by atoms with E-state index in [1.807, 2.05) is 30.3 Å². The van der Waals surface area contributed by atoms with E-state index >= 15 is 0 Å². The lowest BCUT2D eigenvalue weighted by Gasteiger charge is -2.16. The summed E-state index contributed by atoms with van der Waals surface area (Å²) in [4.78, 5) is 12.4. The Bertz CT molecular complexity index is 653. The fourth-order valence-electron chi connectivity index (χ4n) is 2.35. The molecule has 0 unspecified atom stereocenters. The molecule has 102 valence electrons. The van der Waals surface area contributed by atoms with Gasteiger partial charge in [-0.05, 0) is 52.5 Å². The molecule has 20 heavy (non-hydrogen) atoms. The Hall–Kier alpha value is -1.68. The fraction of sp³-hybridized carbons (Fsp3) is 0.188. The second-order valence-electron chi connectivity index (χ2n) is 5.03. The van der Waals surface area contributed by atoms with Gasteiger partial charge in [0, 0.05) is 5.69 Å². The van der Waals surface area contributed by atoms with Crippen molar-refractivity contribution in [2.45, 2.75) is 18.3 Å². The minimum absolute atomic E-state index is 0.0644. The van der Waals surface area contributed by atoms with Gasteiger partial charge in [-0.2, -0.15) is 0 Å². The number of rotatable bonds is 3. The van der Waals surface area contributed by atoms with Gasteiger partial charge in [0.1, 0.15) is 5.82 Å². The number of carbonyl (C=O) groups is 1. The van der Waals surface area contributed by atoms with Gasteiger partial charge in [-0.1, -0.05) is 30.3 Å². The molecule has 1 amide bonds. The lowest BCUT2D eigenvalue weighted by atomic mass is 9.95. The van der Waals surface area contributed by atoms with Crippen molar-refractivity contribution in [1.82, 2.24) is 0 Å². The first kappa shape index (κ1) is 13.3. The fourth-order valence-corrected chi connectivity index (χ4v) is 2.60. The van der Waals surface area contributed by atoms with E-state index in [-0.39, 0.29) is 11.7 Å². The topological polar surface area (TPSA) is 29.1 Å². The zero-order chi connectivity index (χ0) is 14.2. The van der Waals surface area contributed by atoms with Gasteiger partial charge in [0.25, 0.3) is 0 Å². The van der Waals surface area contributed by atoms with Gasteiger partial charge in [-0.3, -0.25) is 4.79 Å². The van der Waals surface area contributed by atoms with Crippen molar-refractivity contribution in [3.8, 4) is 0 Å². The average Bonchev–Trinajstić information content (AvgIpc) is 3.26. The Morgan fingerprint density at radius 3 is 2.45 bits per heavy atom. The highest BCUT2D eigenvalue weighted by molar-refractivity contribution is 9.10. The Labute approximate surface area is 125 Å². The molecular weight excluding hydrogens is 321 g/mol. The molecule has 1 N–H and O–H groups in total. The van der Waals surface area contributed by atoms with E-state index in [0.29, 0.717) is 10.2 Å². The van der Waals surface area contributed by atoms with E-state index in [2.05, 4.69) is 21.2 Å². The van der Waals surface area contributed by atoms with E-state index < -0.39 is 5.41 Å². The SMILES string of the molecule is O=C(Nc1ccc(Br)c(F)c1)C1(c2ccccc2)CC1. The predicted octanol–water partition coefficient (Wildman–Crippen LogP) is 4.26. The van der Waals surface area contributed by atoms with Crippen LogP contribution in [0.3, 0.4) is 0 Å². The van der Waals surface area contributed by atoms with Gasteiger partial charge >= 0.3 is 0 Å². The number of nitrogens with one attached hydrogen (secondary N) is 1. The van der Waals surface area contributed by atoms with Crippen molar-refractivity contribution in [2.24, 2.45) is 0 Å². The van der Waals surface area contributed by atoms with Crippen LogP contribution in [0.5, 0.6) is 0 Å². The van der Waals surface area contributed by atoms with E-state index in [0.717, 1.165) is 18.4 Å². The summed E-state index contributed by atoms with van der Waals surface area (Å²) in [5.74, 6) is -0.446. The second-order valence-corrected chi connectivity index (χ2v) is 5.89. The molecule has 2 aromatic carbocycles. The van der Waals surface area contributed by atoms with Crippen LogP contribution in [-0.4, -0.2) is 5.91 Å². The summed E-state index contributed by atoms with van der Waals surface area (Å²) < 4.78 is 13.9. The van der Waals surface area contributed by atoms with Crippen molar-refractivity contribution in [3.05, 3.63) is 64.4 Å². The molecule has 0 heterocycles.